The van der Waals surface area contributed by atoms with Crippen molar-refractivity contribution in [3.05, 3.63) is 57.7 Å². The van der Waals surface area contributed by atoms with Crippen LogP contribution in [0.25, 0.3) is 25.1 Å². The topological polar surface area (TPSA) is 45.2 Å². The summed E-state index contributed by atoms with van der Waals surface area (Å²) in [6.45, 7) is 0. The Balaban J connectivity index is 2.57. The Morgan fingerprint density at radius 1 is 1.00 bits per heavy atom. The van der Waals surface area contributed by atoms with Gasteiger partial charge in [0.2, 0.25) is 5.39 Å². The van der Waals surface area contributed by atoms with Crippen LogP contribution in [-0.4, -0.2) is 0 Å². The summed E-state index contributed by atoms with van der Waals surface area (Å²) < 4.78 is 1.87. The van der Waals surface area contributed by atoms with Crippen molar-refractivity contribution >= 4 is 37.2 Å². The fourth-order valence-corrected chi connectivity index (χ4v) is 2.91. The minimum absolute atomic E-state index is 0.0140. The zero-order valence-electron chi connectivity index (χ0n) is 8.75. The molecule has 2 aromatic carbocycles. The summed E-state index contributed by atoms with van der Waals surface area (Å²) in [5.41, 5.74) is 0.386. The highest BCUT2D eigenvalue weighted by Crippen LogP contribution is 2.27. The maximum absolute atomic E-state index is 12.2. The predicted octanol–water partition coefficient (Wildman–Crippen LogP) is 3.90. The first-order valence-corrected chi connectivity index (χ1v) is 5.92. The van der Waals surface area contributed by atoms with E-state index in [0.29, 0.717) is 16.5 Å². The number of nitrogens with zero attached hydrogens (tertiary/aromatic N) is 2. The quantitative estimate of drug-likeness (QED) is 0.441. The van der Waals surface area contributed by atoms with Gasteiger partial charge in [-0.2, -0.15) is 0 Å². The van der Waals surface area contributed by atoms with Gasteiger partial charge >= 0.3 is 5.69 Å². The molecule has 0 atom stereocenters. The molecule has 0 radical (unpaired) electrons. The SMILES string of the molecule is N#[N+]c1ccc2sc3ccccc3c(=O)c2c1. The zero-order valence-corrected chi connectivity index (χ0v) is 9.57. The van der Waals surface area contributed by atoms with Crippen molar-refractivity contribution in [1.82, 2.24) is 0 Å². The van der Waals surface area contributed by atoms with Gasteiger partial charge in [0.05, 0.1) is 0 Å². The van der Waals surface area contributed by atoms with Gasteiger partial charge < -0.3 is 0 Å². The Kier molecular flexibility index (Phi) is 2.13. The molecule has 0 N–H and O–H groups in total. The number of rotatable bonds is 0. The zero-order chi connectivity index (χ0) is 11.8. The lowest BCUT2D eigenvalue weighted by Crippen LogP contribution is -2.00. The van der Waals surface area contributed by atoms with Crippen molar-refractivity contribution in [2.45, 2.75) is 0 Å². The summed E-state index contributed by atoms with van der Waals surface area (Å²) in [6, 6.07) is 12.6. The van der Waals surface area contributed by atoms with Crippen LogP contribution in [0.2, 0.25) is 0 Å². The minimum atomic E-state index is -0.0140. The number of fused-ring (bicyclic) bond motifs is 2. The number of benzene rings is 2. The highest BCUT2D eigenvalue weighted by Gasteiger charge is 2.10. The van der Waals surface area contributed by atoms with Crippen molar-refractivity contribution in [3.8, 4) is 0 Å². The van der Waals surface area contributed by atoms with Crippen LogP contribution in [0, 0.1) is 5.39 Å². The van der Waals surface area contributed by atoms with Crippen LogP contribution in [0.15, 0.2) is 47.3 Å². The minimum Gasteiger partial charge on any atom is -0.288 e. The van der Waals surface area contributed by atoms with Crippen molar-refractivity contribution in [2.75, 3.05) is 0 Å². The van der Waals surface area contributed by atoms with Crippen LogP contribution >= 0.6 is 11.3 Å². The second-order valence-electron chi connectivity index (χ2n) is 3.71. The third kappa shape index (κ3) is 1.49. The summed E-state index contributed by atoms with van der Waals surface area (Å²) in [5, 5.41) is 10.0. The van der Waals surface area contributed by atoms with E-state index in [1.165, 1.54) is 0 Å². The highest BCUT2D eigenvalue weighted by atomic mass is 32.1. The van der Waals surface area contributed by atoms with E-state index >= 15 is 0 Å². The number of diazo groups is 1. The smallest absolute Gasteiger partial charge is 0.288 e. The summed E-state index contributed by atoms with van der Waals surface area (Å²) >= 11 is 1.56. The van der Waals surface area contributed by atoms with Gasteiger partial charge in [0.15, 0.2) is 10.4 Å². The molecule has 4 heteroatoms. The summed E-state index contributed by atoms with van der Waals surface area (Å²) in [5.74, 6) is 0. The lowest BCUT2D eigenvalue weighted by atomic mass is 10.2. The molecule has 0 aliphatic rings. The third-order valence-electron chi connectivity index (χ3n) is 2.67. The van der Waals surface area contributed by atoms with Gasteiger partial charge in [-0.05, 0) is 18.2 Å². The summed E-state index contributed by atoms with van der Waals surface area (Å²) in [7, 11) is 0. The van der Waals surface area contributed by atoms with Gasteiger partial charge in [-0.25, -0.2) is 0 Å². The fourth-order valence-electron chi connectivity index (χ4n) is 1.85. The van der Waals surface area contributed by atoms with Crippen LogP contribution < -0.4 is 5.43 Å². The molecule has 0 aliphatic heterocycles. The molecule has 3 aromatic rings. The Bertz CT molecular complexity index is 830. The molecule has 0 saturated heterocycles. The summed E-state index contributed by atoms with van der Waals surface area (Å²) in [4.78, 5) is 15.3. The van der Waals surface area contributed by atoms with Crippen LogP contribution in [0.4, 0.5) is 5.69 Å². The summed E-state index contributed by atoms with van der Waals surface area (Å²) in [6.07, 6.45) is 0. The van der Waals surface area contributed by atoms with Gasteiger partial charge in [-0.1, -0.05) is 12.1 Å². The Morgan fingerprint density at radius 2 is 1.76 bits per heavy atom. The van der Waals surface area contributed by atoms with Crippen LogP contribution in [0.1, 0.15) is 0 Å². The maximum Gasteiger partial charge on any atom is 0.385 e. The molecule has 17 heavy (non-hydrogen) atoms. The van der Waals surface area contributed by atoms with Crippen molar-refractivity contribution in [3.63, 3.8) is 0 Å². The molecular formula is C13H7N2OS+. The van der Waals surface area contributed by atoms with E-state index in [2.05, 4.69) is 4.98 Å². The number of hydrogen-bond donors (Lipinski definition) is 0. The van der Waals surface area contributed by atoms with E-state index in [9.17, 15) is 4.79 Å². The first kappa shape index (κ1) is 9.94. The van der Waals surface area contributed by atoms with Crippen LogP contribution in [-0.2, 0) is 0 Å². The van der Waals surface area contributed by atoms with E-state index in [-0.39, 0.29) is 5.43 Å². The van der Waals surface area contributed by atoms with Gasteiger partial charge in [0.1, 0.15) is 0 Å². The fraction of sp³-hybridized carbons (Fsp3) is 0. The molecule has 0 amide bonds. The Morgan fingerprint density at radius 3 is 2.59 bits per heavy atom. The first-order chi connectivity index (χ1) is 8.29. The molecule has 0 bridgehead atoms. The largest absolute Gasteiger partial charge is 0.385 e. The molecular weight excluding hydrogens is 232 g/mol. The van der Waals surface area contributed by atoms with Gasteiger partial charge in [0, 0.05) is 32.3 Å². The average molecular weight is 239 g/mol. The van der Waals surface area contributed by atoms with E-state index in [1.807, 2.05) is 30.3 Å². The molecule has 3 rings (SSSR count). The molecule has 0 aliphatic carbocycles. The van der Waals surface area contributed by atoms with E-state index in [0.717, 1.165) is 9.40 Å². The molecule has 0 spiro atoms. The lowest BCUT2D eigenvalue weighted by Gasteiger charge is -1.98. The van der Waals surface area contributed by atoms with Gasteiger partial charge in [-0.15, -0.1) is 11.3 Å². The molecule has 0 saturated carbocycles. The average Bonchev–Trinajstić information content (AvgIpc) is 2.39. The first-order valence-electron chi connectivity index (χ1n) is 5.10. The van der Waals surface area contributed by atoms with Crippen molar-refractivity contribution in [1.29, 1.82) is 5.39 Å². The molecule has 3 nitrogen and oxygen atoms in total. The second kappa shape index (κ2) is 3.65. The standard InChI is InChI=1S/C13H7N2OS/c14-15-8-5-6-12-10(7-8)13(16)9-3-1-2-4-11(9)17-12/h1-7H/q+1. The Hall–Kier alpha value is -2.25. The van der Waals surface area contributed by atoms with Crippen LogP contribution in [0.5, 0.6) is 0 Å². The lowest BCUT2D eigenvalue weighted by molar-refractivity contribution is 1.47. The highest BCUT2D eigenvalue weighted by molar-refractivity contribution is 7.24. The normalized spacial score (nSPS) is 10.5. The molecule has 0 fully saturated rings. The van der Waals surface area contributed by atoms with E-state index in [4.69, 9.17) is 5.39 Å². The third-order valence-corrected chi connectivity index (χ3v) is 3.83. The monoisotopic (exact) mass is 239 g/mol. The molecule has 80 valence electrons. The maximum atomic E-state index is 12.2. The van der Waals surface area contributed by atoms with Crippen molar-refractivity contribution in [2.24, 2.45) is 0 Å². The van der Waals surface area contributed by atoms with E-state index < -0.39 is 0 Å². The Labute approximate surface area is 101 Å². The molecule has 1 heterocycles. The predicted molar refractivity (Wildman–Crippen MR) is 70.3 cm³/mol. The van der Waals surface area contributed by atoms with E-state index in [1.54, 1.807) is 23.5 Å². The van der Waals surface area contributed by atoms with Crippen LogP contribution in [0.3, 0.4) is 0 Å². The second-order valence-corrected chi connectivity index (χ2v) is 4.79. The van der Waals surface area contributed by atoms with Gasteiger partial charge in [0.25, 0.3) is 0 Å². The van der Waals surface area contributed by atoms with Crippen molar-refractivity contribution < 1.29 is 0 Å². The molecule has 0 unspecified atom stereocenters. The van der Waals surface area contributed by atoms with Gasteiger partial charge in [-0.3, -0.25) is 4.79 Å². The number of hydrogen-bond acceptors (Lipinski definition) is 3. The molecule has 1 aromatic heterocycles.